The fourth-order valence-electron chi connectivity index (χ4n) is 3.52. The number of benzene rings is 2. The highest BCUT2D eigenvalue weighted by molar-refractivity contribution is 7.09. The molecule has 0 saturated carbocycles. The van der Waals surface area contributed by atoms with Crippen molar-refractivity contribution in [1.29, 1.82) is 0 Å². The van der Waals surface area contributed by atoms with Crippen LogP contribution in [0.2, 0.25) is 0 Å². The minimum atomic E-state index is -0.559. The zero-order chi connectivity index (χ0) is 24.5. The van der Waals surface area contributed by atoms with Crippen molar-refractivity contribution >= 4 is 34.8 Å². The number of hydrogen-bond acceptors (Lipinski definition) is 7. The van der Waals surface area contributed by atoms with Crippen molar-refractivity contribution in [3.8, 4) is 11.5 Å². The molecule has 182 valence electrons. The van der Waals surface area contributed by atoms with Gasteiger partial charge in [-0.25, -0.2) is 0 Å². The van der Waals surface area contributed by atoms with E-state index >= 15 is 0 Å². The molecule has 0 aliphatic carbocycles. The molecule has 1 N–H and O–H groups in total. The maximum Gasteiger partial charge on any atom is 0.308 e. The normalized spacial score (nSPS) is 12.0. The smallest absolute Gasteiger partial charge is 0.308 e. The van der Waals surface area contributed by atoms with E-state index in [0.29, 0.717) is 36.9 Å². The van der Waals surface area contributed by atoms with E-state index in [1.807, 2.05) is 47.8 Å². The molecule has 0 spiro atoms. The van der Waals surface area contributed by atoms with Gasteiger partial charge < -0.3 is 24.4 Å². The first-order valence-electron chi connectivity index (χ1n) is 11.3. The summed E-state index contributed by atoms with van der Waals surface area (Å²) < 4.78 is 16.4. The topological polar surface area (TPSA) is 94.2 Å². The van der Waals surface area contributed by atoms with Gasteiger partial charge >= 0.3 is 5.97 Å². The number of fused-ring (bicyclic) bond motifs is 1. The molecule has 0 fully saturated rings. The van der Waals surface area contributed by atoms with Gasteiger partial charge in [-0.15, -0.1) is 11.3 Å². The Bertz CT molecular complexity index is 1150. The van der Waals surface area contributed by atoms with E-state index in [9.17, 15) is 14.4 Å². The zero-order valence-electron chi connectivity index (χ0n) is 19.1. The molecule has 0 atom stereocenters. The highest BCUT2D eigenvalue weighted by Gasteiger charge is 2.21. The van der Waals surface area contributed by atoms with Crippen LogP contribution >= 0.6 is 11.3 Å². The first-order chi connectivity index (χ1) is 17.1. The standard InChI is InChI=1S/C26H26N2O6S/c29-24(15-19-5-2-1-3-6-19)27-11-10-26(31)34-18-25(30)28(17-21-7-4-14-35-21)20-8-9-22-23(16-20)33-13-12-32-22/h1-9,14,16H,10-13,15,17-18H2,(H,27,29). The Hall–Kier alpha value is -3.85. The van der Waals surface area contributed by atoms with Crippen LogP contribution in [0.1, 0.15) is 16.9 Å². The molecule has 4 rings (SSSR count). The van der Waals surface area contributed by atoms with Crippen LogP contribution in [0.3, 0.4) is 0 Å². The summed E-state index contributed by atoms with van der Waals surface area (Å²) in [5, 5.41) is 4.64. The Morgan fingerprint density at radius 1 is 0.971 bits per heavy atom. The van der Waals surface area contributed by atoms with E-state index in [4.69, 9.17) is 14.2 Å². The van der Waals surface area contributed by atoms with E-state index < -0.39 is 12.6 Å². The molecule has 2 amide bonds. The molecule has 0 unspecified atom stereocenters. The van der Waals surface area contributed by atoms with Gasteiger partial charge in [0, 0.05) is 23.2 Å². The predicted molar refractivity (Wildman–Crippen MR) is 132 cm³/mol. The summed E-state index contributed by atoms with van der Waals surface area (Å²) in [4.78, 5) is 39.8. The van der Waals surface area contributed by atoms with Crippen molar-refractivity contribution < 1.29 is 28.6 Å². The summed E-state index contributed by atoms with van der Waals surface area (Å²) in [5.41, 5.74) is 1.51. The van der Waals surface area contributed by atoms with Gasteiger partial charge in [-0.2, -0.15) is 0 Å². The lowest BCUT2D eigenvalue weighted by molar-refractivity contribution is -0.147. The molecule has 0 saturated heterocycles. The minimum Gasteiger partial charge on any atom is -0.486 e. The number of ether oxygens (including phenoxy) is 3. The van der Waals surface area contributed by atoms with Crippen LogP contribution < -0.4 is 19.7 Å². The van der Waals surface area contributed by atoms with Crippen LogP contribution in [0.4, 0.5) is 5.69 Å². The van der Waals surface area contributed by atoms with Gasteiger partial charge in [-0.3, -0.25) is 14.4 Å². The van der Waals surface area contributed by atoms with Crippen LogP contribution in [-0.4, -0.2) is 44.1 Å². The van der Waals surface area contributed by atoms with E-state index in [1.54, 1.807) is 23.1 Å². The van der Waals surface area contributed by atoms with Gasteiger partial charge in [0.2, 0.25) is 5.91 Å². The van der Waals surface area contributed by atoms with E-state index in [1.165, 1.54) is 11.3 Å². The molecule has 3 aromatic rings. The zero-order valence-corrected chi connectivity index (χ0v) is 19.9. The van der Waals surface area contributed by atoms with Crippen LogP contribution in [0.25, 0.3) is 0 Å². The lowest BCUT2D eigenvalue weighted by atomic mass is 10.1. The van der Waals surface area contributed by atoms with E-state index in [-0.39, 0.29) is 31.2 Å². The van der Waals surface area contributed by atoms with Crippen molar-refractivity contribution in [3.05, 3.63) is 76.5 Å². The summed E-state index contributed by atoms with van der Waals surface area (Å²) in [6.07, 6.45) is 0.213. The van der Waals surface area contributed by atoms with Crippen LogP contribution in [0, 0.1) is 0 Å². The molecule has 1 aliphatic rings. The van der Waals surface area contributed by atoms with Gasteiger partial charge in [0.25, 0.3) is 5.91 Å². The third-order valence-electron chi connectivity index (χ3n) is 5.25. The Labute approximate surface area is 207 Å². The molecule has 0 radical (unpaired) electrons. The summed E-state index contributed by atoms with van der Waals surface area (Å²) in [7, 11) is 0. The number of nitrogens with zero attached hydrogens (tertiary/aromatic N) is 1. The average molecular weight is 495 g/mol. The van der Waals surface area contributed by atoms with E-state index in [2.05, 4.69) is 5.32 Å². The van der Waals surface area contributed by atoms with Gasteiger partial charge in [-0.1, -0.05) is 36.4 Å². The van der Waals surface area contributed by atoms with Crippen molar-refractivity contribution in [2.45, 2.75) is 19.4 Å². The van der Waals surface area contributed by atoms with Gasteiger partial charge in [-0.05, 0) is 29.1 Å². The molecule has 2 heterocycles. The quantitative estimate of drug-likeness (QED) is 0.435. The van der Waals surface area contributed by atoms with Crippen LogP contribution in [0.5, 0.6) is 11.5 Å². The third kappa shape index (κ3) is 7.07. The second-order valence-electron chi connectivity index (χ2n) is 7.81. The summed E-state index contributed by atoms with van der Waals surface area (Å²) in [5.74, 6) is 0.0965. The summed E-state index contributed by atoms with van der Waals surface area (Å²) in [6.45, 7) is 0.987. The third-order valence-corrected chi connectivity index (χ3v) is 6.11. The first-order valence-corrected chi connectivity index (χ1v) is 12.1. The number of carbonyl (C=O) groups excluding carboxylic acids is 3. The molecule has 9 heteroatoms. The maximum atomic E-state index is 13.0. The van der Waals surface area contributed by atoms with Gasteiger partial charge in [0.1, 0.15) is 13.2 Å². The molecule has 2 aromatic carbocycles. The second-order valence-corrected chi connectivity index (χ2v) is 8.84. The lowest BCUT2D eigenvalue weighted by Gasteiger charge is -2.25. The highest BCUT2D eigenvalue weighted by atomic mass is 32.1. The SMILES string of the molecule is O=C(Cc1ccccc1)NCCC(=O)OCC(=O)N(Cc1cccs1)c1ccc2c(c1)OCCO2. The summed E-state index contributed by atoms with van der Waals surface area (Å²) in [6, 6.07) is 18.5. The number of anilines is 1. The lowest BCUT2D eigenvalue weighted by Crippen LogP contribution is -2.34. The molecule has 1 aromatic heterocycles. The Morgan fingerprint density at radius 2 is 1.77 bits per heavy atom. The number of thiophene rings is 1. The fourth-order valence-corrected chi connectivity index (χ4v) is 4.21. The predicted octanol–water partition coefficient (Wildman–Crippen LogP) is 3.34. The van der Waals surface area contributed by atoms with Crippen LogP contribution in [-0.2, 0) is 32.1 Å². The molecular weight excluding hydrogens is 468 g/mol. The fraction of sp³-hybridized carbons (Fsp3) is 0.269. The van der Waals surface area contributed by atoms with Crippen molar-refractivity contribution in [3.63, 3.8) is 0 Å². The number of rotatable bonds is 10. The Kier molecular flexibility index (Phi) is 8.34. The number of amides is 2. The molecular formula is C26H26N2O6S. The van der Waals surface area contributed by atoms with Crippen LogP contribution in [0.15, 0.2) is 66.0 Å². The van der Waals surface area contributed by atoms with E-state index in [0.717, 1.165) is 10.4 Å². The van der Waals surface area contributed by atoms with Crippen molar-refractivity contribution in [2.75, 3.05) is 31.3 Å². The number of carbonyl (C=O) groups is 3. The number of hydrogen-bond donors (Lipinski definition) is 1. The minimum absolute atomic E-state index is 0.0250. The maximum absolute atomic E-state index is 13.0. The number of esters is 1. The van der Waals surface area contributed by atoms with Crippen molar-refractivity contribution in [1.82, 2.24) is 5.32 Å². The van der Waals surface area contributed by atoms with Gasteiger partial charge in [0.15, 0.2) is 18.1 Å². The monoisotopic (exact) mass is 494 g/mol. The largest absolute Gasteiger partial charge is 0.486 e. The molecule has 1 aliphatic heterocycles. The number of nitrogens with one attached hydrogen (secondary N) is 1. The Morgan fingerprint density at radius 3 is 2.54 bits per heavy atom. The molecule has 8 nitrogen and oxygen atoms in total. The Balaban J connectivity index is 1.29. The average Bonchev–Trinajstić information content (AvgIpc) is 3.39. The highest BCUT2D eigenvalue weighted by Crippen LogP contribution is 2.34. The molecule has 35 heavy (non-hydrogen) atoms. The summed E-state index contributed by atoms with van der Waals surface area (Å²) >= 11 is 1.53. The van der Waals surface area contributed by atoms with Gasteiger partial charge in [0.05, 0.1) is 19.4 Å². The first kappa shape index (κ1) is 24.3. The second kappa shape index (κ2) is 12.0. The molecule has 0 bridgehead atoms. The van der Waals surface area contributed by atoms with Crippen molar-refractivity contribution in [2.24, 2.45) is 0 Å².